The van der Waals surface area contributed by atoms with Crippen molar-refractivity contribution in [3.63, 3.8) is 0 Å². The van der Waals surface area contributed by atoms with Gasteiger partial charge in [-0.15, -0.1) is 0 Å². The van der Waals surface area contributed by atoms with Crippen LogP contribution < -0.4 is 15.2 Å². The Morgan fingerprint density at radius 2 is 2.10 bits per heavy atom. The molecule has 0 bridgehead atoms. The van der Waals surface area contributed by atoms with Gasteiger partial charge in [0.15, 0.2) is 29.0 Å². The Balaban J connectivity index is 1.65. The largest absolute Gasteiger partial charge is 0.487 e. The number of rotatable bonds is 1. The van der Waals surface area contributed by atoms with E-state index in [1.54, 1.807) is 7.11 Å². The molecule has 3 aliphatic rings. The highest BCUT2D eigenvalue weighted by Gasteiger charge is 2.65. The van der Waals surface area contributed by atoms with Crippen molar-refractivity contribution in [1.29, 1.82) is 0 Å². The topological polar surface area (TPSA) is 66.0 Å². The van der Waals surface area contributed by atoms with Crippen LogP contribution in [0.25, 0.3) is 0 Å². The average Bonchev–Trinajstić information content (AvgIpc) is 3.24. The lowest BCUT2D eigenvalue weighted by atomic mass is 10.1. The lowest BCUT2D eigenvalue weighted by Crippen LogP contribution is -2.50. The minimum Gasteiger partial charge on any atom is -0.487 e. The van der Waals surface area contributed by atoms with Gasteiger partial charge in [0.2, 0.25) is 0 Å². The molecule has 3 aliphatic heterocycles. The maximum Gasteiger partial charge on any atom is 0.180 e. The van der Waals surface area contributed by atoms with Crippen LogP contribution in [0.15, 0.2) is 24.3 Å². The summed E-state index contributed by atoms with van der Waals surface area (Å²) in [4.78, 5) is 1.92. The second-order valence-electron chi connectivity index (χ2n) is 5.35. The third-order valence-corrected chi connectivity index (χ3v) is 4.41. The number of hydrogen-bond acceptors (Lipinski definition) is 5. The van der Waals surface area contributed by atoms with Crippen LogP contribution in [-0.2, 0) is 9.47 Å². The van der Waals surface area contributed by atoms with Gasteiger partial charge in [0.25, 0.3) is 0 Å². The van der Waals surface area contributed by atoms with Gasteiger partial charge >= 0.3 is 0 Å². The Morgan fingerprint density at radius 1 is 1.33 bits per heavy atom. The molecule has 2 N–H and O–H groups in total. The van der Waals surface area contributed by atoms with E-state index >= 15 is 0 Å². The molecule has 0 saturated carbocycles. The van der Waals surface area contributed by atoms with E-state index in [4.69, 9.17) is 36.9 Å². The van der Waals surface area contributed by atoms with Gasteiger partial charge in [-0.25, -0.2) is 0 Å². The minimum atomic E-state index is -0.369. The van der Waals surface area contributed by atoms with Gasteiger partial charge < -0.3 is 29.6 Å². The van der Waals surface area contributed by atoms with Gasteiger partial charge in [-0.05, 0) is 24.4 Å². The van der Waals surface area contributed by atoms with Crippen LogP contribution in [-0.4, -0.2) is 54.3 Å². The van der Waals surface area contributed by atoms with Crippen LogP contribution in [0.4, 0.5) is 0 Å². The minimum absolute atomic E-state index is 0.0130. The first-order valence-electron chi connectivity index (χ1n) is 6.85. The summed E-state index contributed by atoms with van der Waals surface area (Å²) in [5.74, 6) is 1.45. The molecule has 1 aromatic carbocycles. The number of para-hydroxylation sites is 2. The molecule has 0 aliphatic carbocycles. The Hall–Kier alpha value is -1.57. The fourth-order valence-corrected chi connectivity index (χ4v) is 3.46. The maximum atomic E-state index is 6.13. The fraction of sp³-hybridized carbons (Fsp3) is 0.500. The number of nitrogens with two attached hydrogens (primary N) is 1. The zero-order chi connectivity index (χ0) is 14.6. The van der Waals surface area contributed by atoms with Gasteiger partial charge in [-0.2, -0.15) is 0 Å². The molecule has 5 atom stereocenters. The van der Waals surface area contributed by atoms with Crippen molar-refractivity contribution in [1.82, 2.24) is 4.90 Å². The molecule has 0 unspecified atom stereocenters. The molecule has 112 valence electrons. The van der Waals surface area contributed by atoms with Crippen molar-refractivity contribution in [2.45, 2.75) is 30.6 Å². The first-order chi connectivity index (χ1) is 10.2. The summed E-state index contributed by atoms with van der Waals surface area (Å²) in [6, 6.07) is 7.69. The predicted octanol–water partition coefficient (Wildman–Crippen LogP) is 0.494. The molecule has 2 saturated heterocycles. The van der Waals surface area contributed by atoms with Crippen molar-refractivity contribution < 1.29 is 18.9 Å². The van der Waals surface area contributed by atoms with Crippen LogP contribution in [0.5, 0.6) is 11.5 Å². The standard InChI is InChI=1S/C14H16N2O4S/c1-17-13-11-10(16(11)14(15)21)12-9(20-13)6-18-7-4-2-3-5-8(7)19-12/h2-5,9-13H,6H2,1H3,(H2,15,21)/t9-,10+,11-,12-,13+,16?/m0/s1. The highest BCUT2D eigenvalue weighted by molar-refractivity contribution is 7.80. The predicted molar refractivity (Wildman–Crippen MR) is 78.2 cm³/mol. The molecule has 0 spiro atoms. The maximum absolute atomic E-state index is 6.13. The molecule has 0 aromatic heterocycles. The van der Waals surface area contributed by atoms with Gasteiger partial charge in [0.1, 0.15) is 18.8 Å². The molecular formula is C14H16N2O4S. The molecule has 2 fully saturated rings. The molecule has 21 heavy (non-hydrogen) atoms. The summed E-state index contributed by atoms with van der Waals surface area (Å²) in [7, 11) is 1.62. The van der Waals surface area contributed by atoms with Gasteiger partial charge in [-0.1, -0.05) is 12.1 Å². The summed E-state index contributed by atoms with van der Waals surface area (Å²) in [6.07, 6.45) is -0.763. The highest BCUT2D eigenvalue weighted by Crippen LogP contribution is 2.45. The Morgan fingerprint density at radius 3 is 2.81 bits per heavy atom. The van der Waals surface area contributed by atoms with E-state index in [1.807, 2.05) is 29.2 Å². The van der Waals surface area contributed by atoms with Gasteiger partial charge in [-0.3, -0.25) is 0 Å². The quantitative estimate of drug-likeness (QED) is 0.598. The molecule has 1 aromatic rings. The SMILES string of the molecule is CO[C@@H]1O[C@H]2COc3ccccc3O[C@@H]2[C@H]2[C@@H]1N2C(N)=S. The van der Waals surface area contributed by atoms with E-state index in [-0.39, 0.29) is 30.6 Å². The van der Waals surface area contributed by atoms with Crippen molar-refractivity contribution >= 4 is 17.3 Å². The summed E-state index contributed by atoms with van der Waals surface area (Å²) < 4.78 is 23.3. The smallest absolute Gasteiger partial charge is 0.180 e. The van der Waals surface area contributed by atoms with Gasteiger partial charge in [0, 0.05) is 7.11 Å². The monoisotopic (exact) mass is 308 g/mol. The van der Waals surface area contributed by atoms with Crippen LogP contribution >= 0.6 is 12.2 Å². The lowest BCUT2D eigenvalue weighted by Gasteiger charge is -2.31. The number of nitrogens with zero attached hydrogens (tertiary/aromatic N) is 1. The summed E-state index contributed by atoms with van der Waals surface area (Å²) in [5.41, 5.74) is 5.79. The fourth-order valence-electron chi connectivity index (χ4n) is 3.22. The average molecular weight is 308 g/mol. The third-order valence-electron chi connectivity index (χ3n) is 4.20. The normalized spacial score (nSPS) is 36.2. The Labute approximate surface area is 127 Å². The number of hydrogen-bond donors (Lipinski definition) is 1. The summed E-state index contributed by atoms with van der Waals surface area (Å²) >= 11 is 5.11. The number of ether oxygens (including phenoxy) is 4. The summed E-state index contributed by atoms with van der Waals surface area (Å²) in [6.45, 7) is 0.413. The third kappa shape index (κ3) is 1.96. The summed E-state index contributed by atoms with van der Waals surface area (Å²) in [5, 5.41) is 0.346. The van der Waals surface area contributed by atoms with E-state index in [1.165, 1.54) is 0 Å². The van der Waals surface area contributed by atoms with Gasteiger partial charge in [0.05, 0.1) is 6.04 Å². The van der Waals surface area contributed by atoms with E-state index in [0.29, 0.717) is 11.7 Å². The van der Waals surface area contributed by atoms with Crippen LogP contribution in [0, 0.1) is 0 Å². The number of thiocarbonyl (C=S) groups is 1. The van der Waals surface area contributed by atoms with E-state index in [0.717, 1.165) is 11.5 Å². The van der Waals surface area contributed by atoms with E-state index in [2.05, 4.69) is 0 Å². The Kier molecular flexibility index (Phi) is 2.95. The van der Waals surface area contributed by atoms with Crippen molar-refractivity contribution in [3.8, 4) is 11.5 Å². The van der Waals surface area contributed by atoms with Crippen molar-refractivity contribution in [2.75, 3.05) is 13.7 Å². The number of fused-ring (bicyclic) bond motifs is 4. The molecule has 4 rings (SSSR count). The van der Waals surface area contributed by atoms with Crippen molar-refractivity contribution in [2.24, 2.45) is 5.73 Å². The van der Waals surface area contributed by atoms with Crippen LogP contribution in [0.3, 0.4) is 0 Å². The van der Waals surface area contributed by atoms with Crippen molar-refractivity contribution in [3.05, 3.63) is 24.3 Å². The highest BCUT2D eigenvalue weighted by atomic mass is 32.1. The molecule has 7 heteroatoms. The van der Waals surface area contributed by atoms with Crippen LogP contribution in [0.1, 0.15) is 0 Å². The van der Waals surface area contributed by atoms with E-state index < -0.39 is 0 Å². The van der Waals surface area contributed by atoms with Crippen LogP contribution in [0.2, 0.25) is 0 Å². The lowest BCUT2D eigenvalue weighted by molar-refractivity contribution is -0.197. The van der Waals surface area contributed by atoms with E-state index in [9.17, 15) is 0 Å². The first-order valence-corrected chi connectivity index (χ1v) is 7.26. The zero-order valence-electron chi connectivity index (χ0n) is 11.5. The molecule has 6 nitrogen and oxygen atoms in total. The number of benzene rings is 1. The second-order valence-corrected chi connectivity index (χ2v) is 5.76. The zero-order valence-corrected chi connectivity index (χ0v) is 12.3. The molecular weight excluding hydrogens is 292 g/mol. The molecule has 0 radical (unpaired) electrons. The number of methoxy groups -OCH3 is 1. The second kappa shape index (κ2) is 4.72. The molecule has 0 amide bonds. The first kappa shape index (κ1) is 13.1. The Bertz CT molecular complexity index is 584. The molecule has 3 heterocycles.